The summed E-state index contributed by atoms with van der Waals surface area (Å²) in [5, 5.41) is 0. The Balaban J connectivity index is 1.73. The molecule has 33 heavy (non-hydrogen) atoms. The molecule has 0 heterocycles. The van der Waals surface area contributed by atoms with Crippen LogP contribution in [0.1, 0.15) is 107 Å². The third-order valence-corrected chi connectivity index (χ3v) is 5.88. The summed E-state index contributed by atoms with van der Waals surface area (Å²) in [7, 11) is 0. The number of hydrogen-bond donors (Lipinski definition) is 0. The average Bonchev–Trinajstić information content (AvgIpc) is 2.82. The topological polar surface area (TPSA) is 35.5 Å². The third-order valence-electron chi connectivity index (χ3n) is 5.88. The zero-order chi connectivity index (χ0) is 23.7. The standard InChI is InChI=1S/C29H41FO3/c1-3-5-7-9-10-11-13-15-24-16-18-25(19-17-24)29(31)33-26-20-21-28(27(30)23-26)32-22-14-12-8-6-4-2/h16-21,23H,3-15,22H2,1-2H3. The predicted octanol–water partition coefficient (Wildman–Crippen LogP) is 8.69. The summed E-state index contributed by atoms with van der Waals surface area (Å²) in [5.74, 6) is -0.625. The van der Waals surface area contributed by atoms with Crippen LogP contribution in [-0.2, 0) is 6.42 Å². The molecule has 0 aliphatic carbocycles. The second-order valence-corrected chi connectivity index (χ2v) is 8.81. The SMILES string of the molecule is CCCCCCCCCc1ccc(C(=O)Oc2ccc(OCCCCCCC)c(F)c2)cc1. The Hall–Kier alpha value is -2.36. The average molecular weight is 457 g/mol. The molecule has 0 atom stereocenters. The smallest absolute Gasteiger partial charge is 0.343 e. The van der Waals surface area contributed by atoms with Gasteiger partial charge < -0.3 is 9.47 Å². The lowest BCUT2D eigenvalue weighted by atomic mass is 10.0. The molecular formula is C29H41FO3. The van der Waals surface area contributed by atoms with Crippen molar-refractivity contribution in [3.63, 3.8) is 0 Å². The van der Waals surface area contributed by atoms with Crippen LogP contribution in [-0.4, -0.2) is 12.6 Å². The molecule has 0 saturated carbocycles. The molecule has 0 unspecified atom stereocenters. The number of benzene rings is 2. The number of carbonyl (C=O) groups excluding carboxylic acids is 1. The molecular weight excluding hydrogens is 415 g/mol. The number of ether oxygens (including phenoxy) is 2. The van der Waals surface area contributed by atoms with E-state index >= 15 is 0 Å². The fraction of sp³-hybridized carbons (Fsp3) is 0.552. The van der Waals surface area contributed by atoms with Crippen LogP contribution in [0, 0.1) is 5.82 Å². The first-order chi connectivity index (χ1) is 16.1. The van der Waals surface area contributed by atoms with Gasteiger partial charge in [-0.2, -0.15) is 0 Å². The molecule has 0 spiro atoms. The van der Waals surface area contributed by atoms with Gasteiger partial charge in [-0.05, 0) is 49.1 Å². The summed E-state index contributed by atoms with van der Waals surface area (Å²) in [4.78, 5) is 12.4. The molecule has 0 aliphatic rings. The van der Waals surface area contributed by atoms with Gasteiger partial charge in [0, 0.05) is 6.07 Å². The summed E-state index contributed by atoms with van der Waals surface area (Å²) in [6.07, 6.45) is 15.6. The van der Waals surface area contributed by atoms with Gasteiger partial charge >= 0.3 is 5.97 Å². The minimum absolute atomic E-state index is 0.181. The molecule has 4 heteroatoms. The van der Waals surface area contributed by atoms with Gasteiger partial charge in [0.25, 0.3) is 0 Å². The molecule has 2 aromatic rings. The summed E-state index contributed by atoms with van der Waals surface area (Å²) in [5.41, 5.74) is 1.69. The van der Waals surface area contributed by atoms with E-state index in [0.29, 0.717) is 12.2 Å². The minimum atomic E-state index is -0.515. The molecule has 2 aromatic carbocycles. The highest BCUT2D eigenvalue weighted by molar-refractivity contribution is 5.91. The Morgan fingerprint density at radius 3 is 2.00 bits per heavy atom. The van der Waals surface area contributed by atoms with Gasteiger partial charge in [0.05, 0.1) is 12.2 Å². The van der Waals surface area contributed by atoms with E-state index in [1.54, 1.807) is 18.2 Å². The molecule has 3 nitrogen and oxygen atoms in total. The molecule has 2 rings (SSSR count). The molecule has 0 saturated heterocycles. The fourth-order valence-electron chi connectivity index (χ4n) is 3.81. The molecule has 0 aliphatic heterocycles. The van der Waals surface area contributed by atoms with E-state index in [1.807, 2.05) is 12.1 Å². The minimum Gasteiger partial charge on any atom is -0.491 e. The van der Waals surface area contributed by atoms with Crippen LogP contribution in [0.5, 0.6) is 11.5 Å². The maximum absolute atomic E-state index is 14.3. The van der Waals surface area contributed by atoms with E-state index in [2.05, 4.69) is 13.8 Å². The van der Waals surface area contributed by atoms with Crippen molar-refractivity contribution in [1.82, 2.24) is 0 Å². The molecule has 0 fully saturated rings. The monoisotopic (exact) mass is 456 g/mol. The number of carbonyl (C=O) groups is 1. The number of hydrogen-bond acceptors (Lipinski definition) is 3. The number of halogens is 1. The van der Waals surface area contributed by atoms with Crippen molar-refractivity contribution < 1.29 is 18.7 Å². The van der Waals surface area contributed by atoms with Crippen molar-refractivity contribution in [2.75, 3.05) is 6.61 Å². The van der Waals surface area contributed by atoms with E-state index in [-0.39, 0.29) is 11.5 Å². The highest BCUT2D eigenvalue weighted by Gasteiger charge is 2.11. The fourth-order valence-corrected chi connectivity index (χ4v) is 3.81. The van der Waals surface area contributed by atoms with Gasteiger partial charge in [-0.25, -0.2) is 9.18 Å². The zero-order valence-electron chi connectivity index (χ0n) is 20.5. The van der Waals surface area contributed by atoms with Gasteiger partial charge in [-0.1, -0.05) is 90.2 Å². The zero-order valence-corrected chi connectivity index (χ0v) is 20.5. The van der Waals surface area contributed by atoms with Crippen LogP contribution in [0.2, 0.25) is 0 Å². The van der Waals surface area contributed by atoms with E-state index < -0.39 is 11.8 Å². The highest BCUT2D eigenvalue weighted by atomic mass is 19.1. The second-order valence-electron chi connectivity index (χ2n) is 8.81. The van der Waals surface area contributed by atoms with Gasteiger partial charge in [-0.15, -0.1) is 0 Å². The van der Waals surface area contributed by atoms with Crippen molar-refractivity contribution in [2.24, 2.45) is 0 Å². The van der Waals surface area contributed by atoms with E-state index in [9.17, 15) is 9.18 Å². The maximum Gasteiger partial charge on any atom is 0.343 e. The van der Waals surface area contributed by atoms with Gasteiger partial charge in [0.15, 0.2) is 11.6 Å². The molecule has 0 N–H and O–H groups in total. The molecule has 0 bridgehead atoms. The lowest BCUT2D eigenvalue weighted by molar-refractivity contribution is 0.0734. The second kappa shape index (κ2) is 16.3. The molecule has 0 radical (unpaired) electrons. The van der Waals surface area contributed by atoms with Gasteiger partial charge in [0.1, 0.15) is 5.75 Å². The third kappa shape index (κ3) is 10.9. The Bertz CT molecular complexity index is 801. The molecule has 0 amide bonds. The molecule has 182 valence electrons. The van der Waals surface area contributed by atoms with E-state index in [1.165, 1.54) is 81.9 Å². The Morgan fingerprint density at radius 2 is 1.36 bits per heavy atom. The summed E-state index contributed by atoms with van der Waals surface area (Å²) >= 11 is 0. The van der Waals surface area contributed by atoms with Crippen LogP contribution >= 0.6 is 0 Å². The van der Waals surface area contributed by atoms with Gasteiger partial charge in [-0.3, -0.25) is 0 Å². The summed E-state index contributed by atoms with van der Waals surface area (Å²) in [6.45, 7) is 4.90. The van der Waals surface area contributed by atoms with Gasteiger partial charge in [0.2, 0.25) is 0 Å². The van der Waals surface area contributed by atoms with Crippen molar-refractivity contribution in [3.05, 3.63) is 59.4 Å². The predicted molar refractivity (Wildman–Crippen MR) is 134 cm³/mol. The van der Waals surface area contributed by atoms with Crippen molar-refractivity contribution >= 4 is 5.97 Å². The largest absolute Gasteiger partial charge is 0.491 e. The first-order valence-corrected chi connectivity index (χ1v) is 12.9. The number of unbranched alkanes of at least 4 members (excludes halogenated alkanes) is 10. The number of rotatable bonds is 17. The summed E-state index contributed by atoms with van der Waals surface area (Å²) < 4.78 is 25.2. The van der Waals surface area contributed by atoms with Crippen LogP contribution < -0.4 is 9.47 Å². The van der Waals surface area contributed by atoms with Crippen molar-refractivity contribution in [2.45, 2.75) is 97.3 Å². The molecule has 0 aromatic heterocycles. The van der Waals surface area contributed by atoms with Crippen LogP contribution in [0.25, 0.3) is 0 Å². The summed E-state index contributed by atoms with van der Waals surface area (Å²) in [6, 6.07) is 11.8. The highest BCUT2D eigenvalue weighted by Crippen LogP contribution is 2.24. The number of aryl methyl sites for hydroxylation is 1. The van der Waals surface area contributed by atoms with Crippen molar-refractivity contribution in [3.8, 4) is 11.5 Å². The van der Waals surface area contributed by atoms with E-state index in [4.69, 9.17) is 9.47 Å². The number of esters is 1. The Kier molecular flexibility index (Phi) is 13.3. The quantitative estimate of drug-likeness (QED) is 0.136. The first kappa shape index (κ1) is 26.9. The van der Waals surface area contributed by atoms with E-state index in [0.717, 1.165) is 19.3 Å². The Morgan fingerprint density at radius 1 is 0.758 bits per heavy atom. The van der Waals surface area contributed by atoms with Crippen LogP contribution in [0.3, 0.4) is 0 Å². The normalized spacial score (nSPS) is 10.9. The maximum atomic E-state index is 14.3. The van der Waals surface area contributed by atoms with Crippen molar-refractivity contribution in [1.29, 1.82) is 0 Å². The lowest BCUT2D eigenvalue weighted by Gasteiger charge is -2.09. The first-order valence-electron chi connectivity index (χ1n) is 12.9. The lowest BCUT2D eigenvalue weighted by Crippen LogP contribution is -2.09. The Labute approximate surface area is 199 Å². The van der Waals surface area contributed by atoms with Crippen LogP contribution in [0.15, 0.2) is 42.5 Å². The van der Waals surface area contributed by atoms with Crippen LogP contribution in [0.4, 0.5) is 4.39 Å².